The molecule has 0 bridgehead atoms. The molecule has 0 saturated carbocycles. The van der Waals surface area contributed by atoms with Gasteiger partial charge in [-0.15, -0.1) is 10.2 Å². The van der Waals surface area contributed by atoms with Gasteiger partial charge in [0.2, 0.25) is 16.9 Å². The lowest BCUT2D eigenvalue weighted by Crippen LogP contribution is -2.53. The minimum absolute atomic E-state index is 0.105. The largest absolute Gasteiger partial charge is 0.338 e. The molecule has 3 rings (SSSR count). The number of nitrogens with one attached hydrogen (secondary N) is 1. The Labute approximate surface area is 175 Å². The second-order valence-electron chi connectivity index (χ2n) is 6.93. The van der Waals surface area contributed by atoms with E-state index in [1.807, 2.05) is 35.2 Å². The summed E-state index contributed by atoms with van der Waals surface area (Å²) in [7, 11) is 0. The summed E-state index contributed by atoms with van der Waals surface area (Å²) in [5.74, 6) is 0.0321. The number of amides is 2. The maximum Gasteiger partial charge on any atom is 0.244 e. The first-order valence-electron chi connectivity index (χ1n) is 9.98. The number of nitrogens with zero attached hydrogens (tertiary/aromatic N) is 5. The van der Waals surface area contributed by atoms with Crippen molar-refractivity contribution in [3.63, 3.8) is 0 Å². The third-order valence-electron chi connectivity index (χ3n) is 5.18. The van der Waals surface area contributed by atoms with Crippen LogP contribution < -0.4 is 5.32 Å². The zero-order valence-electron chi connectivity index (χ0n) is 17.0. The van der Waals surface area contributed by atoms with Crippen molar-refractivity contribution in [1.82, 2.24) is 24.9 Å². The second kappa shape index (κ2) is 10.4. The molecule has 2 amide bonds. The minimum atomic E-state index is -0.265. The molecule has 2 heterocycles. The Hall–Kier alpha value is -2.36. The summed E-state index contributed by atoms with van der Waals surface area (Å²) in [5.41, 5.74) is 2.61. The van der Waals surface area contributed by atoms with Gasteiger partial charge in [0.15, 0.2) is 0 Å². The van der Waals surface area contributed by atoms with Gasteiger partial charge in [0.25, 0.3) is 0 Å². The molecule has 0 radical (unpaired) electrons. The highest BCUT2D eigenvalue weighted by molar-refractivity contribution is 7.13. The van der Waals surface area contributed by atoms with Gasteiger partial charge in [0, 0.05) is 26.2 Å². The molecule has 1 fully saturated rings. The van der Waals surface area contributed by atoms with Gasteiger partial charge < -0.3 is 4.90 Å². The molecule has 156 valence electrons. The number of carbonyl (C=O) groups excluding carboxylic acids is 2. The molecular weight excluding hydrogens is 388 g/mol. The van der Waals surface area contributed by atoms with Crippen LogP contribution in [0.15, 0.2) is 35.8 Å². The lowest BCUT2D eigenvalue weighted by atomic mass is 10.0. The third-order valence-corrected chi connectivity index (χ3v) is 5.79. The molecule has 0 spiro atoms. The van der Waals surface area contributed by atoms with Crippen LogP contribution in [0, 0.1) is 0 Å². The molecule has 1 saturated heterocycles. The molecule has 2 aromatic rings. The molecule has 1 aromatic heterocycles. The van der Waals surface area contributed by atoms with Gasteiger partial charge in [-0.2, -0.15) is 0 Å². The van der Waals surface area contributed by atoms with Gasteiger partial charge in [-0.25, -0.2) is 0 Å². The van der Waals surface area contributed by atoms with E-state index < -0.39 is 0 Å². The topological polar surface area (TPSA) is 81.7 Å². The Bertz CT molecular complexity index is 774. The second-order valence-corrected chi connectivity index (χ2v) is 7.76. The number of benzene rings is 1. The van der Waals surface area contributed by atoms with E-state index in [0.29, 0.717) is 37.9 Å². The Morgan fingerprint density at radius 2 is 1.83 bits per heavy atom. The first-order chi connectivity index (χ1) is 14.1. The molecule has 1 unspecified atom stereocenters. The predicted molar refractivity (Wildman–Crippen MR) is 114 cm³/mol. The fraction of sp³-hybridized carbons (Fsp3) is 0.500. The summed E-state index contributed by atoms with van der Waals surface area (Å²) >= 11 is 1.30. The molecule has 1 aliphatic heterocycles. The van der Waals surface area contributed by atoms with Gasteiger partial charge in [-0.05, 0) is 18.7 Å². The van der Waals surface area contributed by atoms with E-state index >= 15 is 0 Å². The van der Waals surface area contributed by atoms with Gasteiger partial charge >= 0.3 is 0 Å². The van der Waals surface area contributed by atoms with Crippen molar-refractivity contribution >= 4 is 28.3 Å². The Morgan fingerprint density at radius 1 is 1.14 bits per heavy atom. The van der Waals surface area contributed by atoms with E-state index in [-0.39, 0.29) is 17.9 Å². The Kier molecular flexibility index (Phi) is 7.68. The average Bonchev–Trinajstić information content (AvgIpc) is 3.25. The summed E-state index contributed by atoms with van der Waals surface area (Å²) in [5, 5.41) is 10.8. The SMILES string of the molecule is CCN(CC)C(C(=O)N1CCN(CC(=O)Nc2nncs2)CC1)c1ccccc1. The van der Waals surface area contributed by atoms with Crippen LogP contribution in [0.2, 0.25) is 0 Å². The van der Waals surface area contributed by atoms with E-state index in [2.05, 4.69) is 39.2 Å². The maximum atomic E-state index is 13.4. The van der Waals surface area contributed by atoms with Gasteiger partial charge in [-0.3, -0.25) is 24.7 Å². The minimum Gasteiger partial charge on any atom is -0.338 e. The number of likely N-dealkylation sites (N-methyl/N-ethyl adjacent to an activating group) is 1. The summed E-state index contributed by atoms with van der Waals surface area (Å²) in [6.45, 7) is 8.68. The molecule has 1 N–H and O–H groups in total. The fourth-order valence-electron chi connectivity index (χ4n) is 3.62. The van der Waals surface area contributed by atoms with Gasteiger partial charge in [0.05, 0.1) is 6.54 Å². The van der Waals surface area contributed by atoms with Crippen LogP contribution in [0.5, 0.6) is 0 Å². The van der Waals surface area contributed by atoms with E-state index in [1.54, 1.807) is 5.51 Å². The number of anilines is 1. The van der Waals surface area contributed by atoms with Crippen LogP contribution in [-0.2, 0) is 9.59 Å². The number of hydrogen-bond donors (Lipinski definition) is 1. The molecule has 9 heteroatoms. The van der Waals surface area contributed by atoms with Crippen molar-refractivity contribution in [2.75, 3.05) is 51.1 Å². The summed E-state index contributed by atoms with van der Waals surface area (Å²) in [6, 6.07) is 9.71. The summed E-state index contributed by atoms with van der Waals surface area (Å²) < 4.78 is 0. The van der Waals surface area contributed by atoms with Crippen LogP contribution in [0.1, 0.15) is 25.5 Å². The molecule has 0 aliphatic carbocycles. The predicted octanol–water partition coefficient (Wildman–Crippen LogP) is 1.70. The number of carbonyl (C=O) groups is 2. The monoisotopic (exact) mass is 416 g/mol. The fourth-order valence-corrected chi connectivity index (χ4v) is 4.08. The van der Waals surface area contributed by atoms with Crippen LogP contribution >= 0.6 is 11.3 Å². The first kappa shape index (κ1) is 21.4. The normalized spacial score (nSPS) is 16.0. The van der Waals surface area contributed by atoms with Crippen molar-refractivity contribution in [1.29, 1.82) is 0 Å². The number of piperazine rings is 1. The summed E-state index contributed by atoms with van der Waals surface area (Å²) in [6.07, 6.45) is 0. The zero-order chi connectivity index (χ0) is 20.6. The summed E-state index contributed by atoms with van der Waals surface area (Å²) in [4.78, 5) is 31.7. The van der Waals surface area contributed by atoms with Gasteiger partial charge in [-0.1, -0.05) is 55.5 Å². The Morgan fingerprint density at radius 3 is 2.41 bits per heavy atom. The molecule has 1 aliphatic rings. The zero-order valence-corrected chi connectivity index (χ0v) is 17.8. The van der Waals surface area contributed by atoms with Crippen molar-refractivity contribution in [3.05, 3.63) is 41.4 Å². The van der Waals surface area contributed by atoms with Crippen molar-refractivity contribution < 1.29 is 9.59 Å². The van der Waals surface area contributed by atoms with Gasteiger partial charge in [0.1, 0.15) is 11.6 Å². The van der Waals surface area contributed by atoms with Crippen molar-refractivity contribution in [2.45, 2.75) is 19.9 Å². The van der Waals surface area contributed by atoms with Crippen molar-refractivity contribution in [3.8, 4) is 0 Å². The molecule has 1 aromatic carbocycles. The van der Waals surface area contributed by atoms with E-state index in [1.165, 1.54) is 11.3 Å². The van der Waals surface area contributed by atoms with Crippen LogP contribution in [0.3, 0.4) is 0 Å². The smallest absolute Gasteiger partial charge is 0.244 e. The highest BCUT2D eigenvalue weighted by Gasteiger charge is 2.32. The molecule has 8 nitrogen and oxygen atoms in total. The highest BCUT2D eigenvalue weighted by Crippen LogP contribution is 2.23. The lowest BCUT2D eigenvalue weighted by Gasteiger charge is -2.38. The van der Waals surface area contributed by atoms with E-state index in [4.69, 9.17) is 0 Å². The van der Waals surface area contributed by atoms with Crippen LogP contribution in [-0.4, -0.2) is 82.5 Å². The van der Waals surface area contributed by atoms with Crippen LogP contribution in [0.25, 0.3) is 0 Å². The quantitative estimate of drug-likeness (QED) is 0.706. The van der Waals surface area contributed by atoms with Crippen molar-refractivity contribution in [2.24, 2.45) is 0 Å². The van der Waals surface area contributed by atoms with E-state index in [9.17, 15) is 9.59 Å². The van der Waals surface area contributed by atoms with Crippen LogP contribution in [0.4, 0.5) is 5.13 Å². The number of hydrogen-bond acceptors (Lipinski definition) is 7. The first-order valence-corrected chi connectivity index (χ1v) is 10.9. The molecule has 29 heavy (non-hydrogen) atoms. The standard InChI is InChI=1S/C20H28N6O2S/c1-3-25(4-2)18(16-8-6-5-7-9-16)19(28)26-12-10-24(11-13-26)14-17(27)22-20-23-21-15-29-20/h5-9,15,18H,3-4,10-14H2,1-2H3,(H,22,23,27). The molecule has 1 atom stereocenters. The number of aromatic nitrogens is 2. The number of rotatable bonds is 8. The average molecular weight is 417 g/mol. The third kappa shape index (κ3) is 5.59. The van der Waals surface area contributed by atoms with E-state index in [0.717, 1.165) is 18.7 Å². The maximum absolute atomic E-state index is 13.4. The molecular formula is C20H28N6O2S. The lowest BCUT2D eigenvalue weighted by molar-refractivity contribution is -0.139. The highest BCUT2D eigenvalue weighted by atomic mass is 32.1. The Balaban J connectivity index is 1.58.